The number of hydrogen-bond acceptors (Lipinski definition) is 3. The first-order valence-electron chi connectivity index (χ1n) is 10.4. The third-order valence-corrected chi connectivity index (χ3v) is 6.55. The predicted molar refractivity (Wildman–Crippen MR) is 132 cm³/mol. The summed E-state index contributed by atoms with van der Waals surface area (Å²) in [6.45, 7) is 6.56. The van der Waals surface area contributed by atoms with Gasteiger partial charge in [0.1, 0.15) is 6.04 Å². The van der Waals surface area contributed by atoms with Crippen molar-refractivity contribution in [2.45, 2.75) is 45.5 Å². The third-order valence-electron chi connectivity index (χ3n) is 4.81. The standard InChI is InChI=1S/C24H30Cl2N2O2S/c1-17(2)14-27-24(30)18(3)28(15-20-21(25)10-7-11-22(20)26)23(29)12-13-31-16-19-8-5-4-6-9-19/h4-11,17-18H,12-16H2,1-3H3,(H,27,30). The van der Waals surface area contributed by atoms with Crippen molar-refractivity contribution in [1.82, 2.24) is 10.2 Å². The van der Waals surface area contributed by atoms with Crippen LogP contribution in [-0.2, 0) is 21.9 Å². The van der Waals surface area contributed by atoms with E-state index in [2.05, 4.69) is 17.4 Å². The number of hydrogen-bond donors (Lipinski definition) is 1. The van der Waals surface area contributed by atoms with E-state index in [9.17, 15) is 9.59 Å². The van der Waals surface area contributed by atoms with Gasteiger partial charge in [-0.2, -0.15) is 11.8 Å². The molecule has 31 heavy (non-hydrogen) atoms. The molecule has 4 nitrogen and oxygen atoms in total. The molecule has 7 heteroatoms. The number of thioether (sulfide) groups is 1. The van der Waals surface area contributed by atoms with E-state index in [1.54, 1.807) is 41.8 Å². The summed E-state index contributed by atoms with van der Waals surface area (Å²) >= 11 is 14.4. The van der Waals surface area contributed by atoms with E-state index in [1.807, 2.05) is 32.0 Å². The molecule has 0 saturated carbocycles. The van der Waals surface area contributed by atoms with Gasteiger partial charge in [0.2, 0.25) is 11.8 Å². The molecule has 0 bridgehead atoms. The van der Waals surface area contributed by atoms with Crippen LogP contribution in [0.4, 0.5) is 0 Å². The molecule has 0 heterocycles. The van der Waals surface area contributed by atoms with Crippen LogP contribution < -0.4 is 5.32 Å². The zero-order valence-corrected chi connectivity index (χ0v) is 20.6. The Bertz CT molecular complexity index is 842. The Hall–Kier alpha value is -1.69. The largest absolute Gasteiger partial charge is 0.354 e. The minimum absolute atomic E-state index is 0.0938. The number of nitrogens with one attached hydrogen (secondary N) is 1. The van der Waals surface area contributed by atoms with Crippen LogP contribution in [0, 0.1) is 5.92 Å². The molecule has 2 aromatic rings. The highest BCUT2D eigenvalue weighted by Gasteiger charge is 2.27. The molecule has 168 valence electrons. The maximum absolute atomic E-state index is 13.1. The van der Waals surface area contributed by atoms with Gasteiger partial charge in [0.05, 0.1) is 0 Å². The van der Waals surface area contributed by atoms with Crippen molar-refractivity contribution in [3.63, 3.8) is 0 Å². The van der Waals surface area contributed by atoms with Crippen molar-refractivity contribution in [3.8, 4) is 0 Å². The Morgan fingerprint density at radius 3 is 2.26 bits per heavy atom. The summed E-state index contributed by atoms with van der Waals surface area (Å²) in [5.41, 5.74) is 1.88. The molecule has 0 aromatic heterocycles. The molecule has 0 saturated heterocycles. The first-order chi connectivity index (χ1) is 14.8. The predicted octanol–water partition coefficient (Wildman–Crippen LogP) is 5.81. The summed E-state index contributed by atoms with van der Waals surface area (Å²) < 4.78 is 0. The number of nitrogens with zero attached hydrogens (tertiary/aromatic N) is 1. The van der Waals surface area contributed by atoms with Crippen LogP contribution in [0.1, 0.15) is 38.3 Å². The van der Waals surface area contributed by atoms with Gasteiger partial charge in [0.25, 0.3) is 0 Å². The Morgan fingerprint density at radius 1 is 1.00 bits per heavy atom. The van der Waals surface area contributed by atoms with Crippen LogP contribution in [0.3, 0.4) is 0 Å². The summed E-state index contributed by atoms with van der Waals surface area (Å²) in [5.74, 6) is 1.56. The second kappa shape index (κ2) is 13.0. The number of benzene rings is 2. The monoisotopic (exact) mass is 480 g/mol. The minimum atomic E-state index is -0.627. The smallest absolute Gasteiger partial charge is 0.242 e. The summed E-state index contributed by atoms with van der Waals surface area (Å²) in [5, 5.41) is 3.89. The maximum Gasteiger partial charge on any atom is 0.242 e. The SMILES string of the molecule is CC(C)CNC(=O)C(C)N(Cc1c(Cl)cccc1Cl)C(=O)CCSCc1ccccc1. The molecule has 0 fully saturated rings. The van der Waals surface area contributed by atoms with Gasteiger partial charge in [-0.15, -0.1) is 0 Å². The molecule has 0 radical (unpaired) electrons. The molecule has 0 aliphatic carbocycles. The lowest BCUT2D eigenvalue weighted by atomic mass is 10.1. The molecule has 2 rings (SSSR count). The zero-order valence-electron chi connectivity index (χ0n) is 18.2. The summed E-state index contributed by atoms with van der Waals surface area (Å²) in [6, 6.07) is 14.8. The molecule has 0 spiro atoms. The van der Waals surface area contributed by atoms with E-state index in [0.717, 1.165) is 5.75 Å². The highest BCUT2D eigenvalue weighted by molar-refractivity contribution is 7.98. The second-order valence-electron chi connectivity index (χ2n) is 7.83. The number of carbonyl (C=O) groups is 2. The van der Waals surface area contributed by atoms with Crippen LogP contribution >= 0.6 is 35.0 Å². The van der Waals surface area contributed by atoms with Crippen LogP contribution in [0.15, 0.2) is 48.5 Å². The molecular weight excluding hydrogens is 451 g/mol. The normalized spacial score (nSPS) is 11.9. The molecule has 0 aliphatic rings. The fraction of sp³-hybridized carbons (Fsp3) is 0.417. The quantitative estimate of drug-likeness (QED) is 0.413. The van der Waals surface area contributed by atoms with Gasteiger partial charge in [-0.1, -0.05) is 73.4 Å². The molecule has 1 unspecified atom stereocenters. The summed E-state index contributed by atoms with van der Waals surface area (Å²) in [6.07, 6.45) is 0.335. The van der Waals surface area contributed by atoms with E-state index < -0.39 is 6.04 Å². The van der Waals surface area contributed by atoms with E-state index in [1.165, 1.54) is 5.56 Å². The highest BCUT2D eigenvalue weighted by Crippen LogP contribution is 2.27. The fourth-order valence-corrected chi connectivity index (χ4v) is 4.36. The highest BCUT2D eigenvalue weighted by atomic mass is 35.5. The molecular formula is C24H30Cl2N2O2S. The Balaban J connectivity index is 2.06. The van der Waals surface area contributed by atoms with Crippen LogP contribution in [0.2, 0.25) is 10.0 Å². The third kappa shape index (κ3) is 8.40. The Labute approximate surface area is 199 Å². The Kier molecular flexibility index (Phi) is 10.7. The molecule has 2 aromatic carbocycles. The first-order valence-corrected chi connectivity index (χ1v) is 12.3. The van der Waals surface area contributed by atoms with E-state index in [-0.39, 0.29) is 18.4 Å². The van der Waals surface area contributed by atoms with Gasteiger partial charge in [-0.05, 0) is 30.5 Å². The number of carbonyl (C=O) groups excluding carboxylic acids is 2. The number of rotatable bonds is 11. The fourth-order valence-electron chi connectivity index (χ4n) is 2.96. The molecule has 2 amide bonds. The lowest BCUT2D eigenvalue weighted by Gasteiger charge is -2.29. The topological polar surface area (TPSA) is 49.4 Å². The van der Waals surface area contributed by atoms with Gasteiger partial charge in [0, 0.05) is 46.6 Å². The molecule has 1 atom stereocenters. The number of halogens is 2. The Morgan fingerprint density at radius 2 is 1.65 bits per heavy atom. The van der Waals surface area contributed by atoms with E-state index in [4.69, 9.17) is 23.2 Å². The van der Waals surface area contributed by atoms with E-state index in [0.29, 0.717) is 40.2 Å². The van der Waals surface area contributed by atoms with Crippen molar-refractivity contribution in [3.05, 3.63) is 69.7 Å². The molecule has 0 aliphatic heterocycles. The van der Waals surface area contributed by atoms with Crippen LogP contribution in [0.25, 0.3) is 0 Å². The lowest BCUT2D eigenvalue weighted by Crippen LogP contribution is -2.48. The van der Waals surface area contributed by atoms with Crippen LogP contribution in [0.5, 0.6) is 0 Å². The van der Waals surface area contributed by atoms with Crippen molar-refractivity contribution < 1.29 is 9.59 Å². The van der Waals surface area contributed by atoms with Crippen molar-refractivity contribution >= 4 is 46.8 Å². The second-order valence-corrected chi connectivity index (χ2v) is 9.74. The number of amides is 2. The van der Waals surface area contributed by atoms with E-state index >= 15 is 0 Å². The maximum atomic E-state index is 13.1. The van der Waals surface area contributed by atoms with Crippen LogP contribution in [-0.4, -0.2) is 35.1 Å². The van der Waals surface area contributed by atoms with Crippen molar-refractivity contribution in [2.24, 2.45) is 5.92 Å². The average molecular weight is 481 g/mol. The van der Waals surface area contributed by atoms with Gasteiger partial charge in [-0.3, -0.25) is 9.59 Å². The zero-order chi connectivity index (χ0) is 22.8. The minimum Gasteiger partial charge on any atom is -0.354 e. The molecule has 1 N–H and O–H groups in total. The van der Waals surface area contributed by atoms with Gasteiger partial charge >= 0.3 is 0 Å². The average Bonchev–Trinajstić information content (AvgIpc) is 2.75. The van der Waals surface area contributed by atoms with Gasteiger partial charge < -0.3 is 10.2 Å². The lowest BCUT2D eigenvalue weighted by molar-refractivity contribution is -0.140. The van der Waals surface area contributed by atoms with Gasteiger partial charge in [0.15, 0.2) is 0 Å². The van der Waals surface area contributed by atoms with Gasteiger partial charge in [-0.25, -0.2) is 0 Å². The van der Waals surface area contributed by atoms with Crippen molar-refractivity contribution in [2.75, 3.05) is 12.3 Å². The summed E-state index contributed by atoms with van der Waals surface area (Å²) in [4.78, 5) is 27.4. The van der Waals surface area contributed by atoms with Crippen molar-refractivity contribution in [1.29, 1.82) is 0 Å². The first kappa shape index (κ1) is 25.6. The summed E-state index contributed by atoms with van der Waals surface area (Å²) in [7, 11) is 0.